The highest BCUT2D eigenvalue weighted by molar-refractivity contribution is 5.89. The molecule has 0 aromatic heterocycles. The van der Waals surface area contributed by atoms with E-state index in [0.29, 0.717) is 23.5 Å². The van der Waals surface area contributed by atoms with Gasteiger partial charge in [-0.25, -0.2) is 4.79 Å². The topological polar surface area (TPSA) is 52.6 Å². The molecule has 0 atom stereocenters. The molecule has 2 aromatic carbocycles. The van der Waals surface area contributed by atoms with Gasteiger partial charge in [0.1, 0.15) is 6.29 Å². The van der Waals surface area contributed by atoms with E-state index < -0.39 is 5.97 Å². The van der Waals surface area contributed by atoms with Gasteiger partial charge in [0.25, 0.3) is 0 Å². The minimum absolute atomic E-state index is 0.271. The third-order valence-electron chi connectivity index (χ3n) is 3.55. The summed E-state index contributed by atoms with van der Waals surface area (Å²) in [6.45, 7) is 4.26. The van der Waals surface area contributed by atoms with Crippen molar-refractivity contribution in [3.63, 3.8) is 0 Å². The number of esters is 1. The van der Waals surface area contributed by atoms with Crippen molar-refractivity contribution in [2.24, 2.45) is 0 Å². The molecule has 0 N–H and O–H groups in total. The van der Waals surface area contributed by atoms with Crippen LogP contribution in [0.4, 0.5) is 0 Å². The maximum atomic E-state index is 11.9. The molecule has 0 radical (unpaired) electrons. The Bertz CT molecular complexity index is 743. The van der Waals surface area contributed by atoms with Crippen LogP contribution >= 0.6 is 0 Å². The van der Waals surface area contributed by atoms with Gasteiger partial charge in [-0.2, -0.15) is 0 Å². The number of hydrogen-bond donors (Lipinski definition) is 0. The van der Waals surface area contributed by atoms with Gasteiger partial charge in [0.15, 0.2) is 11.5 Å². The van der Waals surface area contributed by atoms with Crippen molar-refractivity contribution in [1.29, 1.82) is 0 Å². The molecule has 24 heavy (non-hydrogen) atoms. The summed E-state index contributed by atoms with van der Waals surface area (Å²) in [6.07, 6.45) is 3.75. The number of rotatable bonds is 6. The molecule has 4 nitrogen and oxygen atoms in total. The molecular weight excluding hydrogens is 304 g/mol. The van der Waals surface area contributed by atoms with Crippen LogP contribution in [0.15, 0.2) is 48.5 Å². The number of carbonyl (C=O) groups excluding carboxylic acids is 2. The van der Waals surface area contributed by atoms with E-state index in [1.165, 1.54) is 30.9 Å². The lowest BCUT2D eigenvalue weighted by Crippen LogP contribution is -2.05. The SMILES string of the molecule is COc1cc(C=O)ccc1OC(=O)/C=C/c1ccc(C(C)C)cc1. The largest absolute Gasteiger partial charge is 0.493 e. The zero-order chi connectivity index (χ0) is 17.5. The Balaban J connectivity index is 2.06. The van der Waals surface area contributed by atoms with E-state index in [0.717, 1.165) is 5.56 Å². The van der Waals surface area contributed by atoms with Gasteiger partial charge in [0, 0.05) is 11.6 Å². The first-order valence-electron chi connectivity index (χ1n) is 7.66. The first kappa shape index (κ1) is 17.5. The fraction of sp³-hybridized carbons (Fsp3) is 0.200. The lowest BCUT2D eigenvalue weighted by molar-refractivity contribution is -0.129. The molecule has 0 bridgehead atoms. The van der Waals surface area contributed by atoms with Crippen LogP contribution in [0.2, 0.25) is 0 Å². The normalized spacial score (nSPS) is 10.8. The summed E-state index contributed by atoms with van der Waals surface area (Å²) in [4.78, 5) is 22.7. The van der Waals surface area contributed by atoms with Gasteiger partial charge in [-0.1, -0.05) is 38.1 Å². The van der Waals surface area contributed by atoms with Crippen molar-refractivity contribution >= 4 is 18.3 Å². The molecule has 0 unspecified atom stereocenters. The van der Waals surface area contributed by atoms with E-state index in [9.17, 15) is 9.59 Å². The molecule has 0 aliphatic rings. The third kappa shape index (κ3) is 4.56. The predicted octanol–water partition coefficient (Wildman–Crippen LogP) is 4.25. The number of ether oxygens (including phenoxy) is 2. The Labute approximate surface area is 141 Å². The molecule has 0 saturated heterocycles. The van der Waals surface area contributed by atoms with Crippen LogP contribution in [0.5, 0.6) is 11.5 Å². The van der Waals surface area contributed by atoms with Crippen LogP contribution in [-0.2, 0) is 4.79 Å². The molecule has 0 saturated carbocycles. The zero-order valence-corrected chi connectivity index (χ0v) is 14.0. The van der Waals surface area contributed by atoms with Gasteiger partial charge in [-0.15, -0.1) is 0 Å². The molecule has 2 rings (SSSR count). The fourth-order valence-corrected chi connectivity index (χ4v) is 2.14. The van der Waals surface area contributed by atoms with Gasteiger partial charge in [-0.05, 0) is 41.3 Å². The summed E-state index contributed by atoms with van der Waals surface area (Å²) in [7, 11) is 1.45. The Morgan fingerprint density at radius 1 is 1.00 bits per heavy atom. The summed E-state index contributed by atoms with van der Waals surface area (Å²) in [5.41, 5.74) is 2.61. The molecule has 0 aliphatic heterocycles. The van der Waals surface area contributed by atoms with Crippen LogP contribution < -0.4 is 9.47 Å². The van der Waals surface area contributed by atoms with Crippen molar-refractivity contribution in [3.8, 4) is 11.5 Å². The van der Waals surface area contributed by atoms with Crippen molar-refractivity contribution in [3.05, 3.63) is 65.2 Å². The highest BCUT2D eigenvalue weighted by Crippen LogP contribution is 2.27. The summed E-state index contributed by atoms with van der Waals surface area (Å²) in [5, 5.41) is 0. The third-order valence-corrected chi connectivity index (χ3v) is 3.55. The van der Waals surface area contributed by atoms with Crippen molar-refractivity contribution in [2.75, 3.05) is 7.11 Å². The predicted molar refractivity (Wildman–Crippen MR) is 93.6 cm³/mol. The van der Waals surface area contributed by atoms with Crippen molar-refractivity contribution in [2.45, 2.75) is 19.8 Å². The maximum absolute atomic E-state index is 11.9. The van der Waals surface area contributed by atoms with E-state index in [2.05, 4.69) is 13.8 Å². The number of hydrogen-bond acceptors (Lipinski definition) is 4. The standard InChI is InChI=1S/C20H20O4/c1-14(2)17-8-4-15(5-9-17)7-11-20(22)24-18-10-6-16(13-21)12-19(18)23-3/h4-14H,1-3H3/b11-7+. The summed E-state index contributed by atoms with van der Waals surface area (Å²) in [6, 6.07) is 12.6. The summed E-state index contributed by atoms with van der Waals surface area (Å²) < 4.78 is 10.4. The molecule has 124 valence electrons. The Kier molecular flexibility index (Phi) is 5.90. The molecule has 0 heterocycles. The lowest BCUT2D eigenvalue weighted by atomic mass is 10.0. The van der Waals surface area contributed by atoms with E-state index in [-0.39, 0.29) is 5.75 Å². The minimum atomic E-state index is -0.514. The number of methoxy groups -OCH3 is 1. The van der Waals surface area contributed by atoms with Gasteiger partial charge in [0.05, 0.1) is 7.11 Å². The molecule has 2 aromatic rings. The summed E-state index contributed by atoms with van der Waals surface area (Å²) in [5.74, 6) is 0.561. The second kappa shape index (κ2) is 8.11. The van der Waals surface area contributed by atoms with Crippen molar-refractivity contribution < 1.29 is 19.1 Å². The lowest BCUT2D eigenvalue weighted by Gasteiger charge is -2.08. The van der Waals surface area contributed by atoms with Gasteiger partial charge >= 0.3 is 5.97 Å². The minimum Gasteiger partial charge on any atom is -0.493 e. The zero-order valence-electron chi connectivity index (χ0n) is 14.0. The van der Waals surface area contributed by atoms with E-state index in [1.54, 1.807) is 12.1 Å². The van der Waals surface area contributed by atoms with E-state index >= 15 is 0 Å². The first-order valence-corrected chi connectivity index (χ1v) is 7.66. The fourth-order valence-electron chi connectivity index (χ4n) is 2.14. The average Bonchev–Trinajstić information content (AvgIpc) is 2.60. The number of carbonyl (C=O) groups is 2. The second-order valence-electron chi connectivity index (χ2n) is 5.60. The molecule has 4 heteroatoms. The van der Waals surface area contributed by atoms with Gasteiger partial charge in [-0.3, -0.25) is 4.79 Å². The molecule has 0 spiro atoms. The van der Waals surface area contributed by atoms with Gasteiger partial charge in [0.2, 0.25) is 0 Å². The Hall–Kier alpha value is -2.88. The quantitative estimate of drug-likeness (QED) is 0.345. The average molecular weight is 324 g/mol. The highest BCUT2D eigenvalue weighted by atomic mass is 16.6. The monoisotopic (exact) mass is 324 g/mol. The molecule has 0 amide bonds. The van der Waals surface area contributed by atoms with E-state index in [1.807, 2.05) is 24.3 Å². The van der Waals surface area contributed by atoms with Crippen LogP contribution in [0.3, 0.4) is 0 Å². The number of aldehydes is 1. The molecule has 0 fully saturated rings. The highest BCUT2D eigenvalue weighted by Gasteiger charge is 2.09. The molecule has 0 aliphatic carbocycles. The second-order valence-corrected chi connectivity index (χ2v) is 5.60. The first-order chi connectivity index (χ1) is 11.5. The molecular formula is C20H20O4. The van der Waals surface area contributed by atoms with Gasteiger partial charge < -0.3 is 9.47 Å². The van der Waals surface area contributed by atoms with E-state index in [4.69, 9.17) is 9.47 Å². The van der Waals surface area contributed by atoms with Crippen LogP contribution in [0, 0.1) is 0 Å². The Morgan fingerprint density at radius 2 is 1.67 bits per heavy atom. The van der Waals surface area contributed by atoms with Crippen LogP contribution in [-0.4, -0.2) is 19.4 Å². The Morgan fingerprint density at radius 3 is 2.25 bits per heavy atom. The van der Waals surface area contributed by atoms with Crippen molar-refractivity contribution in [1.82, 2.24) is 0 Å². The van der Waals surface area contributed by atoms with Crippen LogP contribution in [0.25, 0.3) is 6.08 Å². The number of benzene rings is 2. The smallest absolute Gasteiger partial charge is 0.336 e. The maximum Gasteiger partial charge on any atom is 0.336 e. The van der Waals surface area contributed by atoms with Crippen LogP contribution in [0.1, 0.15) is 41.3 Å². The summed E-state index contributed by atoms with van der Waals surface area (Å²) >= 11 is 0.